The second-order valence-corrected chi connectivity index (χ2v) is 5.15. The molecule has 0 radical (unpaired) electrons. The molecule has 25 heavy (non-hydrogen) atoms. The van der Waals surface area contributed by atoms with Gasteiger partial charge in [-0.1, -0.05) is 18.2 Å². The molecule has 2 aromatic rings. The predicted octanol–water partition coefficient (Wildman–Crippen LogP) is 4.09. The third-order valence-corrected chi connectivity index (χ3v) is 3.46. The molecule has 132 valence electrons. The molecule has 0 unspecified atom stereocenters. The van der Waals surface area contributed by atoms with Crippen molar-refractivity contribution in [2.75, 3.05) is 20.3 Å². The molecule has 0 aromatic heterocycles. The van der Waals surface area contributed by atoms with Crippen molar-refractivity contribution in [3.05, 3.63) is 53.6 Å². The van der Waals surface area contributed by atoms with E-state index in [0.717, 1.165) is 11.3 Å². The smallest absolute Gasteiger partial charge is 0.193 e. The molecular formula is C20H22O5. The molecule has 0 bridgehead atoms. The molecule has 2 aromatic carbocycles. The SMILES string of the molecule is CCOc1cc(O)c(C(=O)C=Cc2ccc(OC)cc2)c(OCC)c1. The molecule has 0 fully saturated rings. The van der Waals surface area contributed by atoms with Crippen LogP contribution in [0, 0.1) is 0 Å². The van der Waals surface area contributed by atoms with Crippen LogP contribution in [0.3, 0.4) is 0 Å². The van der Waals surface area contributed by atoms with Crippen molar-refractivity contribution in [1.82, 2.24) is 0 Å². The standard InChI is InChI=1S/C20H22O5/c1-4-24-16-12-18(22)20(19(13-16)25-5-2)17(21)11-8-14-6-9-15(23-3)10-7-14/h6-13,22H,4-5H2,1-3H3. The highest BCUT2D eigenvalue weighted by atomic mass is 16.5. The summed E-state index contributed by atoms with van der Waals surface area (Å²) in [4.78, 5) is 12.5. The molecule has 0 aliphatic heterocycles. The lowest BCUT2D eigenvalue weighted by molar-refractivity contribution is 0.104. The van der Waals surface area contributed by atoms with Gasteiger partial charge in [0, 0.05) is 12.1 Å². The minimum atomic E-state index is -0.347. The molecule has 0 aliphatic carbocycles. The molecule has 1 N–H and O–H groups in total. The Bertz CT molecular complexity index is 747. The van der Waals surface area contributed by atoms with Gasteiger partial charge in [-0.25, -0.2) is 0 Å². The average Bonchev–Trinajstić information content (AvgIpc) is 2.60. The van der Waals surface area contributed by atoms with Crippen molar-refractivity contribution >= 4 is 11.9 Å². The highest BCUT2D eigenvalue weighted by Crippen LogP contribution is 2.34. The average molecular weight is 342 g/mol. The number of hydrogen-bond acceptors (Lipinski definition) is 5. The molecule has 5 heteroatoms. The van der Waals surface area contributed by atoms with Crippen molar-refractivity contribution in [2.24, 2.45) is 0 Å². The van der Waals surface area contributed by atoms with Gasteiger partial charge in [-0.15, -0.1) is 0 Å². The lowest BCUT2D eigenvalue weighted by atomic mass is 10.1. The maximum absolute atomic E-state index is 12.5. The lowest BCUT2D eigenvalue weighted by Gasteiger charge is -2.12. The predicted molar refractivity (Wildman–Crippen MR) is 96.8 cm³/mol. The van der Waals surface area contributed by atoms with Gasteiger partial charge in [0.15, 0.2) is 5.78 Å². The molecule has 0 saturated carbocycles. The van der Waals surface area contributed by atoms with Gasteiger partial charge in [0.1, 0.15) is 28.6 Å². The van der Waals surface area contributed by atoms with Crippen molar-refractivity contribution in [3.8, 4) is 23.0 Å². The quantitative estimate of drug-likeness (QED) is 0.578. The van der Waals surface area contributed by atoms with Gasteiger partial charge in [-0.05, 0) is 37.6 Å². The summed E-state index contributed by atoms with van der Waals surface area (Å²) in [5.41, 5.74) is 0.965. The zero-order valence-corrected chi connectivity index (χ0v) is 14.6. The molecule has 0 aliphatic rings. The first-order valence-corrected chi connectivity index (χ1v) is 8.08. The van der Waals surface area contributed by atoms with Gasteiger partial charge >= 0.3 is 0 Å². The molecule has 0 saturated heterocycles. The molecule has 2 rings (SSSR count). The van der Waals surface area contributed by atoms with Crippen LogP contribution in [0.15, 0.2) is 42.5 Å². The Morgan fingerprint density at radius 1 is 1.04 bits per heavy atom. The van der Waals surface area contributed by atoms with Crippen LogP contribution in [0.25, 0.3) is 6.08 Å². The van der Waals surface area contributed by atoms with E-state index < -0.39 is 0 Å². The molecule has 0 amide bonds. The first-order chi connectivity index (χ1) is 12.1. The third kappa shape index (κ3) is 4.76. The van der Waals surface area contributed by atoms with Crippen molar-refractivity contribution in [3.63, 3.8) is 0 Å². The first kappa shape index (κ1) is 18.4. The Labute approximate surface area is 147 Å². The van der Waals surface area contributed by atoms with E-state index in [1.165, 1.54) is 12.1 Å². The number of ether oxygens (including phenoxy) is 3. The number of carbonyl (C=O) groups excluding carboxylic acids is 1. The summed E-state index contributed by atoms with van der Waals surface area (Å²) in [6.07, 6.45) is 3.08. The fraction of sp³-hybridized carbons (Fsp3) is 0.250. The van der Waals surface area contributed by atoms with Crippen LogP contribution >= 0.6 is 0 Å². The fourth-order valence-corrected chi connectivity index (χ4v) is 2.31. The van der Waals surface area contributed by atoms with Gasteiger partial charge < -0.3 is 19.3 Å². The van der Waals surface area contributed by atoms with Crippen LogP contribution in [-0.2, 0) is 0 Å². The van der Waals surface area contributed by atoms with Crippen LogP contribution in [0.5, 0.6) is 23.0 Å². The van der Waals surface area contributed by atoms with Crippen LogP contribution in [0.1, 0.15) is 29.8 Å². The summed E-state index contributed by atoms with van der Waals surface area (Å²) in [6, 6.07) is 10.3. The summed E-state index contributed by atoms with van der Waals surface area (Å²) in [7, 11) is 1.60. The Hall–Kier alpha value is -2.95. The van der Waals surface area contributed by atoms with E-state index in [1.54, 1.807) is 19.3 Å². The molecule has 5 nitrogen and oxygen atoms in total. The van der Waals surface area contributed by atoms with Crippen LogP contribution in [-0.4, -0.2) is 31.2 Å². The lowest BCUT2D eigenvalue weighted by Crippen LogP contribution is -2.03. The van der Waals surface area contributed by atoms with E-state index in [9.17, 15) is 9.90 Å². The topological polar surface area (TPSA) is 65.0 Å². The van der Waals surface area contributed by atoms with Gasteiger partial charge in [0.25, 0.3) is 0 Å². The van der Waals surface area contributed by atoms with E-state index in [4.69, 9.17) is 14.2 Å². The summed E-state index contributed by atoms with van der Waals surface area (Å²) >= 11 is 0. The zero-order valence-electron chi connectivity index (χ0n) is 14.6. The maximum Gasteiger partial charge on any atom is 0.193 e. The third-order valence-electron chi connectivity index (χ3n) is 3.46. The van der Waals surface area contributed by atoms with Crippen LogP contribution in [0.4, 0.5) is 0 Å². The highest BCUT2D eigenvalue weighted by molar-refractivity contribution is 6.10. The second-order valence-electron chi connectivity index (χ2n) is 5.15. The minimum Gasteiger partial charge on any atom is -0.507 e. The maximum atomic E-state index is 12.5. The number of phenols is 1. The number of allylic oxidation sites excluding steroid dienone is 1. The number of benzene rings is 2. The minimum absolute atomic E-state index is 0.120. The van der Waals surface area contributed by atoms with Crippen molar-refractivity contribution in [1.29, 1.82) is 0 Å². The molecule has 0 spiro atoms. The van der Waals surface area contributed by atoms with E-state index >= 15 is 0 Å². The Kier molecular flexibility index (Phi) is 6.46. The molecule has 0 heterocycles. The van der Waals surface area contributed by atoms with E-state index in [2.05, 4.69) is 0 Å². The number of phenolic OH excluding ortho intramolecular Hbond substituents is 1. The number of carbonyl (C=O) groups is 1. The van der Waals surface area contributed by atoms with E-state index in [0.29, 0.717) is 24.7 Å². The summed E-state index contributed by atoms with van der Waals surface area (Å²) in [5, 5.41) is 10.2. The monoisotopic (exact) mass is 342 g/mol. The van der Waals surface area contributed by atoms with Gasteiger partial charge in [0.05, 0.1) is 20.3 Å². The summed E-state index contributed by atoms with van der Waals surface area (Å²) in [6.45, 7) is 4.48. The summed E-state index contributed by atoms with van der Waals surface area (Å²) in [5.74, 6) is 0.985. The fourth-order valence-electron chi connectivity index (χ4n) is 2.31. The highest BCUT2D eigenvalue weighted by Gasteiger charge is 2.17. The Morgan fingerprint density at radius 2 is 1.72 bits per heavy atom. The first-order valence-electron chi connectivity index (χ1n) is 8.08. The second kappa shape index (κ2) is 8.78. The Balaban J connectivity index is 2.28. The van der Waals surface area contributed by atoms with Crippen molar-refractivity contribution in [2.45, 2.75) is 13.8 Å². The number of ketones is 1. The normalized spacial score (nSPS) is 10.7. The zero-order chi connectivity index (χ0) is 18.2. The number of hydrogen-bond donors (Lipinski definition) is 1. The van der Waals surface area contributed by atoms with Crippen LogP contribution < -0.4 is 14.2 Å². The van der Waals surface area contributed by atoms with Gasteiger partial charge in [0.2, 0.25) is 0 Å². The largest absolute Gasteiger partial charge is 0.507 e. The number of aromatic hydroxyl groups is 1. The molecular weight excluding hydrogens is 320 g/mol. The number of rotatable bonds is 8. The van der Waals surface area contributed by atoms with E-state index in [-0.39, 0.29) is 17.1 Å². The molecule has 0 atom stereocenters. The van der Waals surface area contributed by atoms with E-state index in [1.807, 2.05) is 38.1 Å². The van der Waals surface area contributed by atoms with Gasteiger partial charge in [-0.3, -0.25) is 4.79 Å². The summed E-state index contributed by atoms with van der Waals surface area (Å²) < 4.78 is 16.0. The van der Waals surface area contributed by atoms with Crippen molar-refractivity contribution < 1.29 is 24.1 Å². The Morgan fingerprint density at radius 3 is 2.32 bits per heavy atom. The van der Waals surface area contributed by atoms with Gasteiger partial charge in [-0.2, -0.15) is 0 Å². The van der Waals surface area contributed by atoms with Crippen LogP contribution in [0.2, 0.25) is 0 Å². The number of methoxy groups -OCH3 is 1.